The van der Waals surface area contributed by atoms with E-state index in [1.807, 2.05) is 6.92 Å². The van der Waals surface area contributed by atoms with E-state index in [1.54, 1.807) is 28.8 Å². The van der Waals surface area contributed by atoms with Crippen molar-refractivity contribution < 1.29 is 14.3 Å². The van der Waals surface area contributed by atoms with E-state index < -0.39 is 12.0 Å². The highest BCUT2D eigenvalue weighted by Gasteiger charge is 2.53. The van der Waals surface area contributed by atoms with E-state index in [0.717, 1.165) is 6.42 Å². The lowest BCUT2D eigenvalue weighted by atomic mass is 10.2. The van der Waals surface area contributed by atoms with Crippen LogP contribution < -0.4 is 5.56 Å². The van der Waals surface area contributed by atoms with Crippen LogP contribution in [0.15, 0.2) is 23.0 Å². The third-order valence-electron chi connectivity index (χ3n) is 4.78. The molecule has 2 atom stereocenters. The fourth-order valence-corrected chi connectivity index (χ4v) is 5.05. The Kier molecular flexibility index (Phi) is 4.19. The van der Waals surface area contributed by atoms with Crippen molar-refractivity contribution in [2.75, 3.05) is 5.75 Å². The topological polar surface area (TPSA) is 92.4 Å². The minimum Gasteiger partial charge on any atom is -0.456 e. The van der Waals surface area contributed by atoms with Gasteiger partial charge in [-0.15, -0.1) is 11.8 Å². The molecule has 136 valence electrons. The summed E-state index contributed by atoms with van der Waals surface area (Å²) < 4.78 is 5.34. The minimum absolute atomic E-state index is 0.0198. The van der Waals surface area contributed by atoms with Gasteiger partial charge in [0.2, 0.25) is 5.91 Å². The largest absolute Gasteiger partial charge is 0.456 e. The number of aromatic amines is 1. The summed E-state index contributed by atoms with van der Waals surface area (Å²) in [4.78, 5) is 44.9. The van der Waals surface area contributed by atoms with Crippen molar-refractivity contribution in [1.29, 1.82) is 0 Å². The van der Waals surface area contributed by atoms with Crippen LogP contribution in [0.4, 0.5) is 0 Å². The number of fused-ring (bicyclic) bond motifs is 2. The van der Waals surface area contributed by atoms with Gasteiger partial charge < -0.3 is 14.6 Å². The lowest BCUT2D eigenvalue weighted by molar-refractivity contribution is -0.154. The molecule has 2 saturated heterocycles. The van der Waals surface area contributed by atoms with Crippen LogP contribution in [0.2, 0.25) is 5.02 Å². The smallest absolute Gasteiger partial charge is 0.330 e. The van der Waals surface area contributed by atoms with Crippen molar-refractivity contribution in [3.63, 3.8) is 0 Å². The molecule has 2 aliphatic rings. The Hall–Kier alpha value is -2.06. The number of carbonyl (C=O) groups excluding carboxylic acids is 2. The van der Waals surface area contributed by atoms with Crippen molar-refractivity contribution in [1.82, 2.24) is 14.9 Å². The first kappa shape index (κ1) is 17.4. The van der Waals surface area contributed by atoms with Crippen LogP contribution in [0.5, 0.6) is 0 Å². The molecule has 0 bridgehead atoms. The highest BCUT2D eigenvalue weighted by Crippen LogP contribution is 2.47. The van der Waals surface area contributed by atoms with Gasteiger partial charge in [0.05, 0.1) is 15.8 Å². The number of H-pyrrole nitrogens is 1. The maximum atomic E-state index is 12.5. The lowest BCUT2D eigenvalue weighted by Crippen LogP contribution is -2.46. The molecule has 7 nitrogen and oxygen atoms in total. The summed E-state index contributed by atoms with van der Waals surface area (Å²) in [7, 11) is 0. The van der Waals surface area contributed by atoms with Crippen molar-refractivity contribution >= 4 is 46.1 Å². The fraction of sp³-hybridized carbons (Fsp3) is 0.412. The highest BCUT2D eigenvalue weighted by atomic mass is 35.5. The SMILES string of the molecule is C[C@]12CCC(=O)N1[C@@H](C(=O)OCc1nc3ccc(Cl)cc3c(=O)[nH]1)CS2. The van der Waals surface area contributed by atoms with Crippen molar-refractivity contribution in [3.8, 4) is 0 Å². The number of nitrogens with zero attached hydrogens (tertiary/aromatic N) is 2. The molecule has 4 rings (SSSR count). The van der Waals surface area contributed by atoms with Gasteiger partial charge in [-0.3, -0.25) is 9.59 Å². The van der Waals surface area contributed by atoms with E-state index in [4.69, 9.17) is 16.3 Å². The summed E-state index contributed by atoms with van der Waals surface area (Å²) >= 11 is 7.49. The molecule has 3 heterocycles. The zero-order chi connectivity index (χ0) is 18.5. The first-order chi connectivity index (χ1) is 12.4. The van der Waals surface area contributed by atoms with Gasteiger partial charge in [-0.25, -0.2) is 9.78 Å². The molecule has 2 aliphatic heterocycles. The molecular weight excluding hydrogens is 378 g/mol. The van der Waals surface area contributed by atoms with Crippen molar-refractivity contribution in [2.24, 2.45) is 0 Å². The number of hydrogen-bond donors (Lipinski definition) is 1. The maximum absolute atomic E-state index is 12.5. The normalized spacial score (nSPS) is 24.9. The standard InChI is InChI=1S/C17H16ClN3O4S/c1-17-5-4-14(22)21(17)12(8-26-17)16(24)25-7-13-19-11-3-2-9(18)6-10(11)15(23)20-13/h2-3,6,12H,4-5,7-8H2,1H3,(H,19,20,23)/t12-,17+/m1/s1. The quantitative estimate of drug-likeness (QED) is 0.802. The summed E-state index contributed by atoms with van der Waals surface area (Å²) in [5, 5.41) is 0.819. The number of benzene rings is 1. The average Bonchev–Trinajstić information content (AvgIpc) is 3.10. The molecule has 0 saturated carbocycles. The molecule has 0 spiro atoms. The van der Waals surface area contributed by atoms with Gasteiger partial charge in [-0.2, -0.15) is 0 Å². The van der Waals surface area contributed by atoms with E-state index >= 15 is 0 Å². The Morgan fingerprint density at radius 1 is 1.50 bits per heavy atom. The number of aromatic nitrogens is 2. The summed E-state index contributed by atoms with van der Waals surface area (Å²) in [6, 6.07) is 4.22. The number of halogens is 1. The molecule has 1 N–H and O–H groups in total. The number of esters is 1. The van der Waals surface area contributed by atoms with Crippen LogP contribution in [0.1, 0.15) is 25.6 Å². The van der Waals surface area contributed by atoms with Gasteiger partial charge in [0.1, 0.15) is 18.5 Å². The zero-order valence-corrected chi connectivity index (χ0v) is 15.5. The number of nitrogens with one attached hydrogen (secondary N) is 1. The Bertz CT molecular complexity index is 978. The molecular formula is C17H16ClN3O4S. The molecule has 2 aromatic rings. The van der Waals surface area contributed by atoms with Crippen LogP contribution in [-0.2, 0) is 20.9 Å². The molecule has 0 unspecified atom stereocenters. The Morgan fingerprint density at radius 2 is 2.31 bits per heavy atom. The minimum atomic E-state index is -0.592. The number of amides is 1. The van der Waals surface area contributed by atoms with Crippen LogP contribution in [0.3, 0.4) is 0 Å². The van der Waals surface area contributed by atoms with Gasteiger partial charge in [0.15, 0.2) is 0 Å². The Morgan fingerprint density at radius 3 is 3.12 bits per heavy atom. The van der Waals surface area contributed by atoms with Gasteiger partial charge in [0.25, 0.3) is 5.56 Å². The number of thioether (sulfide) groups is 1. The van der Waals surface area contributed by atoms with Crippen molar-refractivity contribution in [3.05, 3.63) is 39.4 Å². The second-order valence-electron chi connectivity index (χ2n) is 6.55. The number of ether oxygens (including phenoxy) is 1. The third kappa shape index (κ3) is 2.87. The Balaban J connectivity index is 1.50. The molecule has 1 aromatic carbocycles. The third-order valence-corrected chi connectivity index (χ3v) is 6.52. The molecule has 0 radical (unpaired) electrons. The fourth-order valence-electron chi connectivity index (χ4n) is 3.46. The zero-order valence-electron chi connectivity index (χ0n) is 14.0. The molecule has 0 aliphatic carbocycles. The first-order valence-corrected chi connectivity index (χ1v) is 9.55. The molecule has 9 heteroatoms. The molecule has 2 fully saturated rings. The van der Waals surface area contributed by atoms with Crippen LogP contribution in [0.25, 0.3) is 10.9 Å². The van der Waals surface area contributed by atoms with E-state index in [9.17, 15) is 14.4 Å². The average molecular weight is 394 g/mol. The van der Waals surface area contributed by atoms with Gasteiger partial charge in [-0.05, 0) is 31.5 Å². The molecule has 1 aromatic heterocycles. The first-order valence-electron chi connectivity index (χ1n) is 8.19. The molecule has 26 heavy (non-hydrogen) atoms. The van der Waals surface area contributed by atoms with Crippen LogP contribution in [-0.4, -0.2) is 43.4 Å². The van der Waals surface area contributed by atoms with Gasteiger partial charge in [0, 0.05) is 17.2 Å². The number of rotatable bonds is 3. The monoisotopic (exact) mass is 393 g/mol. The van der Waals surface area contributed by atoms with Crippen molar-refractivity contribution in [2.45, 2.75) is 37.3 Å². The summed E-state index contributed by atoms with van der Waals surface area (Å²) in [5.74, 6) is 0.268. The maximum Gasteiger partial charge on any atom is 0.330 e. The van der Waals surface area contributed by atoms with Crippen LogP contribution >= 0.6 is 23.4 Å². The van der Waals surface area contributed by atoms with E-state index in [-0.39, 0.29) is 28.8 Å². The Labute approximate surface area is 158 Å². The summed E-state index contributed by atoms with van der Waals surface area (Å²) in [5.41, 5.74) is 0.130. The summed E-state index contributed by atoms with van der Waals surface area (Å²) in [6.07, 6.45) is 1.19. The van der Waals surface area contributed by atoms with E-state index in [2.05, 4.69) is 9.97 Å². The predicted molar refractivity (Wildman–Crippen MR) is 97.9 cm³/mol. The highest BCUT2D eigenvalue weighted by molar-refractivity contribution is 8.01. The van der Waals surface area contributed by atoms with E-state index in [1.165, 1.54) is 6.07 Å². The number of hydrogen-bond acceptors (Lipinski definition) is 6. The summed E-state index contributed by atoms with van der Waals surface area (Å²) in [6.45, 7) is 1.82. The predicted octanol–water partition coefficient (Wildman–Crippen LogP) is 2.07. The van der Waals surface area contributed by atoms with Gasteiger partial charge >= 0.3 is 5.97 Å². The van der Waals surface area contributed by atoms with E-state index in [0.29, 0.717) is 28.1 Å². The second kappa shape index (κ2) is 6.28. The lowest BCUT2D eigenvalue weighted by Gasteiger charge is -2.29. The second-order valence-corrected chi connectivity index (χ2v) is 8.49. The van der Waals surface area contributed by atoms with Crippen LogP contribution in [0, 0.1) is 0 Å². The number of carbonyl (C=O) groups is 2. The molecule has 1 amide bonds. The van der Waals surface area contributed by atoms with Gasteiger partial charge in [-0.1, -0.05) is 11.6 Å².